The number of methoxy groups -OCH3 is 1. The van der Waals surface area contributed by atoms with Gasteiger partial charge in [0, 0.05) is 12.7 Å². The number of nitrogens with two attached hydrogens (primary N) is 1. The minimum atomic E-state index is -0.855. The summed E-state index contributed by atoms with van der Waals surface area (Å²) in [5.74, 6) is -0.949. The monoisotopic (exact) mass is 420 g/mol. The highest BCUT2D eigenvalue weighted by atomic mass is 32.2. The first-order valence-electron chi connectivity index (χ1n) is 8.40. The Morgan fingerprint density at radius 2 is 2.07 bits per heavy atom. The van der Waals surface area contributed by atoms with Crippen molar-refractivity contribution in [1.29, 1.82) is 0 Å². The molecule has 0 aliphatic carbocycles. The largest absolute Gasteiger partial charge is 0.431 e. The maximum absolute atomic E-state index is 13.0. The zero-order valence-corrected chi connectivity index (χ0v) is 16.1. The number of anilines is 1. The SMILES string of the molecule is COCCn1c(N)c(C(=O)CSc2ncc(-c3ccc(F)cc3)o2)c(=O)[nH]c1=O. The molecule has 29 heavy (non-hydrogen) atoms. The number of nitrogens with one attached hydrogen (secondary N) is 1. The van der Waals surface area contributed by atoms with E-state index in [1.807, 2.05) is 0 Å². The molecule has 0 amide bonds. The van der Waals surface area contributed by atoms with E-state index in [2.05, 4.69) is 9.97 Å². The van der Waals surface area contributed by atoms with Crippen molar-refractivity contribution < 1.29 is 18.3 Å². The summed E-state index contributed by atoms with van der Waals surface area (Å²) in [5.41, 5.74) is 4.62. The number of ether oxygens (including phenoxy) is 1. The number of oxazole rings is 1. The number of aromatic nitrogens is 3. The lowest BCUT2D eigenvalue weighted by atomic mass is 10.2. The zero-order valence-electron chi connectivity index (χ0n) is 15.3. The van der Waals surface area contributed by atoms with Gasteiger partial charge in [-0.1, -0.05) is 11.8 Å². The van der Waals surface area contributed by atoms with E-state index in [0.29, 0.717) is 11.3 Å². The first kappa shape index (κ1) is 20.6. The molecule has 3 rings (SSSR count). The molecule has 0 saturated heterocycles. The van der Waals surface area contributed by atoms with Crippen LogP contribution in [0.15, 0.2) is 49.7 Å². The van der Waals surface area contributed by atoms with Crippen molar-refractivity contribution in [2.24, 2.45) is 0 Å². The van der Waals surface area contributed by atoms with Gasteiger partial charge in [0.1, 0.15) is 17.2 Å². The second-order valence-electron chi connectivity index (χ2n) is 5.87. The molecule has 3 N–H and O–H groups in total. The number of rotatable bonds is 8. The molecule has 0 radical (unpaired) electrons. The summed E-state index contributed by atoms with van der Waals surface area (Å²) in [4.78, 5) is 42.6. The number of Topliss-reactive ketones (excluding diaryl/α,β-unsaturated/α-hetero) is 1. The van der Waals surface area contributed by atoms with Gasteiger partial charge in [-0.2, -0.15) is 0 Å². The molecule has 152 valence electrons. The van der Waals surface area contributed by atoms with Gasteiger partial charge in [-0.25, -0.2) is 14.2 Å². The lowest BCUT2D eigenvalue weighted by Gasteiger charge is -2.11. The van der Waals surface area contributed by atoms with Crippen LogP contribution >= 0.6 is 11.8 Å². The highest BCUT2D eigenvalue weighted by Gasteiger charge is 2.20. The number of ketones is 1. The number of thioether (sulfide) groups is 1. The van der Waals surface area contributed by atoms with E-state index in [9.17, 15) is 18.8 Å². The third-order valence-corrected chi connectivity index (χ3v) is 4.82. The summed E-state index contributed by atoms with van der Waals surface area (Å²) in [6, 6.07) is 5.67. The van der Waals surface area contributed by atoms with Crippen molar-refractivity contribution >= 4 is 23.4 Å². The van der Waals surface area contributed by atoms with Gasteiger partial charge >= 0.3 is 5.69 Å². The van der Waals surface area contributed by atoms with E-state index in [4.69, 9.17) is 14.9 Å². The number of carbonyl (C=O) groups is 1. The van der Waals surface area contributed by atoms with Crippen molar-refractivity contribution in [1.82, 2.24) is 14.5 Å². The third-order valence-electron chi connectivity index (χ3n) is 3.98. The van der Waals surface area contributed by atoms with Crippen molar-refractivity contribution in [2.75, 3.05) is 25.2 Å². The smallest absolute Gasteiger partial charge is 0.330 e. The third kappa shape index (κ3) is 4.63. The summed E-state index contributed by atoms with van der Waals surface area (Å²) in [6.07, 6.45) is 1.45. The van der Waals surface area contributed by atoms with E-state index in [1.165, 1.54) is 25.4 Å². The normalized spacial score (nSPS) is 11.0. The van der Waals surface area contributed by atoms with Crippen molar-refractivity contribution in [2.45, 2.75) is 11.8 Å². The summed E-state index contributed by atoms with van der Waals surface area (Å²) in [5, 5.41) is 0.195. The fourth-order valence-electron chi connectivity index (χ4n) is 2.53. The topological polar surface area (TPSA) is 133 Å². The quantitative estimate of drug-likeness (QED) is 0.414. The summed E-state index contributed by atoms with van der Waals surface area (Å²) < 4.78 is 24.5. The maximum atomic E-state index is 13.0. The van der Waals surface area contributed by atoms with E-state index in [0.717, 1.165) is 16.3 Å². The van der Waals surface area contributed by atoms with Crippen LogP contribution in [0.25, 0.3) is 11.3 Å². The van der Waals surface area contributed by atoms with E-state index in [1.54, 1.807) is 12.1 Å². The van der Waals surface area contributed by atoms with Crippen LogP contribution < -0.4 is 17.0 Å². The van der Waals surface area contributed by atoms with Gasteiger partial charge in [0.25, 0.3) is 10.8 Å². The minimum absolute atomic E-state index is 0.0894. The Morgan fingerprint density at radius 3 is 2.76 bits per heavy atom. The van der Waals surface area contributed by atoms with Crippen LogP contribution in [0.1, 0.15) is 10.4 Å². The molecule has 0 bridgehead atoms. The summed E-state index contributed by atoms with van der Waals surface area (Å²) in [7, 11) is 1.45. The van der Waals surface area contributed by atoms with Gasteiger partial charge in [-0.05, 0) is 24.3 Å². The van der Waals surface area contributed by atoms with Crippen LogP contribution in [0.4, 0.5) is 10.2 Å². The van der Waals surface area contributed by atoms with Crippen molar-refractivity contribution in [3.63, 3.8) is 0 Å². The van der Waals surface area contributed by atoms with Crippen LogP contribution in [0.3, 0.4) is 0 Å². The van der Waals surface area contributed by atoms with Crippen molar-refractivity contribution in [3.05, 3.63) is 62.7 Å². The number of nitrogens with zero attached hydrogens (tertiary/aromatic N) is 2. The standard InChI is InChI=1S/C18H17FN4O5S/c1-27-7-6-23-15(20)14(16(25)22-17(23)26)12(24)9-29-18-21-8-13(28-18)10-2-4-11(19)5-3-10/h2-5,8H,6-7,9,20H2,1H3,(H,22,25,26). The van der Waals surface area contributed by atoms with Crippen LogP contribution in [-0.2, 0) is 11.3 Å². The first-order valence-corrected chi connectivity index (χ1v) is 9.38. The second-order valence-corrected chi connectivity index (χ2v) is 6.80. The summed E-state index contributed by atoms with van der Waals surface area (Å²) in [6.45, 7) is 0.271. The molecule has 2 heterocycles. The van der Waals surface area contributed by atoms with Gasteiger partial charge in [0.05, 0.1) is 25.1 Å². The highest BCUT2D eigenvalue weighted by Crippen LogP contribution is 2.26. The predicted octanol–water partition coefficient (Wildman–Crippen LogP) is 1.53. The number of H-pyrrole nitrogens is 1. The molecule has 0 aliphatic heterocycles. The number of nitrogen functional groups attached to an aromatic ring is 1. The molecule has 1 aromatic carbocycles. The molecule has 0 spiro atoms. The van der Waals surface area contributed by atoms with Crippen LogP contribution in [0, 0.1) is 5.82 Å². The zero-order chi connectivity index (χ0) is 21.0. The molecule has 0 saturated carbocycles. The maximum Gasteiger partial charge on any atom is 0.330 e. The molecule has 0 atom stereocenters. The van der Waals surface area contributed by atoms with Gasteiger partial charge in [-0.15, -0.1) is 0 Å². The molecule has 9 nitrogen and oxygen atoms in total. The molecule has 11 heteroatoms. The average Bonchev–Trinajstić information content (AvgIpc) is 3.15. The summed E-state index contributed by atoms with van der Waals surface area (Å²) >= 11 is 0.966. The van der Waals surface area contributed by atoms with E-state index in [-0.39, 0.29) is 41.3 Å². The van der Waals surface area contributed by atoms with Gasteiger partial charge < -0.3 is 14.9 Å². The Kier molecular flexibility index (Phi) is 6.29. The number of halogens is 1. The van der Waals surface area contributed by atoms with Crippen LogP contribution in [-0.4, -0.2) is 39.8 Å². The fraction of sp³-hybridized carbons (Fsp3) is 0.222. The van der Waals surface area contributed by atoms with Crippen molar-refractivity contribution in [3.8, 4) is 11.3 Å². The highest BCUT2D eigenvalue weighted by molar-refractivity contribution is 7.99. The Bertz CT molecular complexity index is 1140. The molecule has 0 unspecified atom stereocenters. The van der Waals surface area contributed by atoms with E-state index < -0.39 is 17.0 Å². The number of aromatic amines is 1. The van der Waals surface area contributed by atoms with Gasteiger partial charge in [0.15, 0.2) is 11.5 Å². The lowest BCUT2D eigenvalue weighted by Crippen LogP contribution is -2.37. The van der Waals surface area contributed by atoms with Crippen LogP contribution in [0.2, 0.25) is 0 Å². The molecular formula is C18H17FN4O5S. The molecule has 3 aromatic rings. The number of hydrogen-bond acceptors (Lipinski definition) is 8. The number of carbonyl (C=O) groups excluding carboxylic acids is 1. The fourth-order valence-corrected chi connectivity index (χ4v) is 3.21. The molecule has 2 aromatic heterocycles. The molecule has 0 aliphatic rings. The minimum Gasteiger partial charge on any atom is -0.431 e. The lowest BCUT2D eigenvalue weighted by molar-refractivity contribution is 0.102. The first-order chi connectivity index (χ1) is 13.9. The molecule has 0 fully saturated rings. The Labute approximate surface area is 167 Å². The Hall–Kier alpha value is -3.18. The number of hydrogen-bond donors (Lipinski definition) is 2. The Morgan fingerprint density at radius 1 is 1.34 bits per heavy atom. The predicted molar refractivity (Wildman–Crippen MR) is 105 cm³/mol. The van der Waals surface area contributed by atoms with E-state index >= 15 is 0 Å². The average molecular weight is 420 g/mol. The Balaban J connectivity index is 1.75. The number of benzene rings is 1. The molecular weight excluding hydrogens is 403 g/mol. The second kappa shape index (κ2) is 8.88. The van der Waals surface area contributed by atoms with Gasteiger partial charge in [-0.3, -0.25) is 19.1 Å². The van der Waals surface area contributed by atoms with Gasteiger partial charge in [0.2, 0.25) is 0 Å². The van der Waals surface area contributed by atoms with Crippen LogP contribution in [0.5, 0.6) is 0 Å².